The van der Waals surface area contributed by atoms with E-state index < -0.39 is 0 Å². The Labute approximate surface area is 181 Å². The molecule has 162 valence electrons. The van der Waals surface area contributed by atoms with Gasteiger partial charge in [-0.2, -0.15) is 5.10 Å². The molecule has 8 nitrogen and oxygen atoms in total. The fraction of sp³-hybridized carbons (Fsp3) is 0.478. The molecule has 2 aliphatic rings. The second-order valence-electron chi connectivity index (χ2n) is 8.73. The number of hydrogen-bond donors (Lipinski definition) is 0. The van der Waals surface area contributed by atoms with E-state index in [-0.39, 0.29) is 11.9 Å². The molecule has 31 heavy (non-hydrogen) atoms. The summed E-state index contributed by atoms with van der Waals surface area (Å²) in [6.45, 7) is 3.94. The third-order valence-electron chi connectivity index (χ3n) is 6.38. The van der Waals surface area contributed by atoms with Crippen LogP contribution >= 0.6 is 0 Å². The Morgan fingerprint density at radius 3 is 2.61 bits per heavy atom. The lowest BCUT2D eigenvalue weighted by molar-refractivity contribution is 0.0658. The van der Waals surface area contributed by atoms with Gasteiger partial charge >= 0.3 is 0 Å². The number of aromatic nitrogens is 4. The normalized spacial score (nSPS) is 17.8. The predicted molar refractivity (Wildman–Crippen MR) is 116 cm³/mol. The topological polar surface area (TPSA) is 80.3 Å². The van der Waals surface area contributed by atoms with Crippen LogP contribution in [0.2, 0.25) is 0 Å². The molecule has 3 aromatic heterocycles. The number of carbonyl (C=O) groups excluding carboxylic acids is 1. The van der Waals surface area contributed by atoms with Gasteiger partial charge in [0.25, 0.3) is 11.9 Å². The van der Waals surface area contributed by atoms with Gasteiger partial charge in [-0.05, 0) is 70.9 Å². The van der Waals surface area contributed by atoms with Gasteiger partial charge in [-0.25, -0.2) is 14.6 Å². The van der Waals surface area contributed by atoms with Gasteiger partial charge in [0.1, 0.15) is 11.5 Å². The fourth-order valence-electron chi connectivity index (χ4n) is 4.33. The summed E-state index contributed by atoms with van der Waals surface area (Å²) in [4.78, 5) is 26.8. The second-order valence-corrected chi connectivity index (χ2v) is 8.73. The number of aryl methyl sites for hydroxylation is 1. The highest BCUT2D eigenvalue weighted by Gasteiger charge is 2.35. The maximum absolute atomic E-state index is 13.4. The summed E-state index contributed by atoms with van der Waals surface area (Å²) < 4.78 is 7.46. The lowest BCUT2D eigenvalue weighted by Crippen LogP contribution is -2.44. The molecule has 1 amide bonds. The first kappa shape index (κ1) is 19.9. The molecule has 1 saturated heterocycles. The highest BCUT2D eigenvalue weighted by atomic mass is 16.3. The van der Waals surface area contributed by atoms with E-state index in [1.54, 1.807) is 17.1 Å². The van der Waals surface area contributed by atoms with Crippen LogP contribution < -0.4 is 0 Å². The number of piperidine rings is 1. The Bertz CT molecular complexity index is 1090. The van der Waals surface area contributed by atoms with E-state index in [4.69, 9.17) is 4.42 Å². The van der Waals surface area contributed by atoms with Gasteiger partial charge in [-0.15, -0.1) is 0 Å². The minimum Gasteiger partial charge on any atom is -0.460 e. The zero-order chi connectivity index (χ0) is 21.5. The Morgan fingerprint density at radius 2 is 1.94 bits per heavy atom. The van der Waals surface area contributed by atoms with Crippen LogP contribution in [0.1, 0.15) is 53.4 Å². The first-order chi connectivity index (χ1) is 15.0. The number of hydrogen-bond acceptors (Lipinski definition) is 6. The molecule has 2 fully saturated rings. The van der Waals surface area contributed by atoms with Gasteiger partial charge in [0.05, 0.1) is 17.5 Å². The van der Waals surface area contributed by atoms with Gasteiger partial charge in [-0.1, -0.05) is 0 Å². The van der Waals surface area contributed by atoms with E-state index in [9.17, 15) is 4.79 Å². The number of rotatable bonds is 5. The maximum Gasteiger partial charge on any atom is 0.257 e. The van der Waals surface area contributed by atoms with Gasteiger partial charge in [0.2, 0.25) is 0 Å². The third-order valence-corrected chi connectivity index (χ3v) is 6.38. The minimum atomic E-state index is 0.0421. The highest BCUT2D eigenvalue weighted by Crippen LogP contribution is 2.42. The Hall–Kier alpha value is -3.00. The van der Waals surface area contributed by atoms with Crippen molar-refractivity contribution in [1.82, 2.24) is 29.5 Å². The molecular weight excluding hydrogens is 392 g/mol. The summed E-state index contributed by atoms with van der Waals surface area (Å²) >= 11 is 0. The van der Waals surface area contributed by atoms with Crippen LogP contribution in [0.15, 0.2) is 35.0 Å². The van der Waals surface area contributed by atoms with Crippen molar-refractivity contribution >= 4 is 5.91 Å². The minimum absolute atomic E-state index is 0.0421. The van der Waals surface area contributed by atoms with E-state index in [1.807, 2.05) is 37.1 Å². The first-order valence-corrected chi connectivity index (χ1v) is 10.9. The van der Waals surface area contributed by atoms with Crippen molar-refractivity contribution in [2.24, 2.45) is 0 Å². The van der Waals surface area contributed by atoms with E-state index in [0.29, 0.717) is 28.9 Å². The molecule has 4 heterocycles. The van der Waals surface area contributed by atoms with Crippen molar-refractivity contribution in [1.29, 1.82) is 0 Å². The summed E-state index contributed by atoms with van der Waals surface area (Å²) in [6.07, 6.45) is 7.51. The molecule has 1 aliphatic carbocycles. The van der Waals surface area contributed by atoms with Crippen LogP contribution in [0.3, 0.4) is 0 Å². The van der Waals surface area contributed by atoms with E-state index in [0.717, 1.165) is 50.2 Å². The molecule has 8 heteroatoms. The van der Waals surface area contributed by atoms with E-state index >= 15 is 0 Å². The summed E-state index contributed by atoms with van der Waals surface area (Å²) in [5.41, 5.74) is 2.30. The number of furan rings is 1. The molecule has 0 atom stereocenters. The number of carbonyl (C=O) groups is 1. The molecular formula is C23H28N6O2. The van der Waals surface area contributed by atoms with Crippen molar-refractivity contribution in [2.45, 2.75) is 44.6 Å². The molecule has 1 aliphatic heterocycles. The van der Waals surface area contributed by atoms with Crippen molar-refractivity contribution in [3.8, 4) is 17.4 Å². The highest BCUT2D eigenvalue weighted by molar-refractivity contribution is 5.95. The van der Waals surface area contributed by atoms with Gasteiger partial charge in [0, 0.05) is 25.2 Å². The van der Waals surface area contributed by atoms with Crippen molar-refractivity contribution < 1.29 is 9.21 Å². The lowest BCUT2D eigenvalue weighted by atomic mass is 10.0. The van der Waals surface area contributed by atoms with E-state index in [2.05, 4.69) is 27.0 Å². The number of likely N-dealkylation sites (tertiary alicyclic amines) is 1. The fourth-order valence-corrected chi connectivity index (χ4v) is 4.33. The largest absolute Gasteiger partial charge is 0.460 e. The summed E-state index contributed by atoms with van der Waals surface area (Å²) in [7, 11) is 4.05. The quantitative estimate of drug-likeness (QED) is 0.630. The van der Waals surface area contributed by atoms with Crippen LogP contribution in [0.25, 0.3) is 17.4 Å². The van der Waals surface area contributed by atoms with Crippen LogP contribution in [-0.2, 0) is 0 Å². The van der Waals surface area contributed by atoms with Crippen molar-refractivity contribution in [3.05, 3.63) is 47.6 Å². The van der Waals surface area contributed by atoms with Crippen LogP contribution in [0.5, 0.6) is 0 Å². The Morgan fingerprint density at radius 1 is 1.16 bits per heavy atom. The first-order valence-electron chi connectivity index (χ1n) is 10.9. The molecule has 5 rings (SSSR count). The van der Waals surface area contributed by atoms with Crippen LogP contribution in [0.4, 0.5) is 0 Å². The van der Waals surface area contributed by atoms with Gasteiger partial charge in [0.15, 0.2) is 5.76 Å². The molecule has 1 saturated carbocycles. The zero-order valence-corrected chi connectivity index (χ0v) is 18.3. The average molecular weight is 421 g/mol. The summed E-state index contributed by atoms with van der Waals surface area (Å²) in [5, 5.41) is 4.55. The van der Waals surface area contributed by atoms with Crippen LogP contribution in [-0.4, -0.2) is 68.7 Å². The third kappa shape index (κ3) is 3.87. The number of nitrogens with zero attached hydrogens (tertiary/aromatic N) is 6. The van der Waals surface area contributed by atoms with Gasteiger partial charge in [-0.3, -0.25) is 4.79 Å². The lowest BCUT2D eigenvalue weighted by Gasteiger charge is -2.35. The van der Waals surface area contributed by atoms with E-state index in [1.165, 1.54) is 0 Å². The zero-order valence-electron chi connectivity index (χ0n) is 18.3. The molecule has 0 spiro atoms. The Kier molecular flexibility index (Phi) is 5.09. The van der Waals surface area contributed by atoms with Crippen LogP contribution in [0, 0.1) is 6.92 Å². The maximum atomic E-state index is 13.4. The molecule has 3 aromatic rings. The molecule has 0 N–H and O–H groups in total. The predicted octanol–water partition coefficient (Wildman–Crippen LogP) is 3.27. The smallest absolute Gasteiger partial charge is 0.257 e. The van der Waals surface area contributed by atoms with Crippen molar-refractivity contribution in [3.63, 3.8) is 0 Å². The number of amides is 1. The van der Waals surface area contributed by atoms with Gasteiger partial charge < -0.3 is 14.2 Å². The SMILES string of the molecule is Cc1ccc(-c2ccnc(-n3ncc(C(=O)N(C)C4CCN(C)CC4)c3C3CC3)n2)o1. The monoisotopic (exact) mass is 420 g/mol. The molecule has 0 radical (unpaired) electrons. The standard InChI is InChI=1S/C23H28N6O2/c1-15-4-7-20(31-15)19-8-11-24-23(26-19)29-21(16-5-6-16)18(14-25-29)22(30)28(3)17-9-12-27(2)13-10-17/h4,7-8,11,14,16-17H,5-6,9-10,12-13H2,1-3H3. The second kappa shape index (κ2) is 7.92. The summed E-state index contributed by atoms with van der Waals surface area (Å²) in [6, 6.07) is 5.90. The molecule has 0 bridgehead atoms. The van der Waals surface area contributed by atoms with Crippen molar-refractivity contribution in [2.75, 3.05) is 27.2 Å². The summed E-state index contributed by atoms with van der Waals surface area (Å²) in [5.74, 6) is 2.36. The Balaban J connectivity index is 1.46. The molecule has 0 unspecified atom stereocenters. The average Bonchev–Trinajstić information content (AvgIpc) is 3.37. The molecule has 0 aromatic carbocycles.